The number of benzene rings is 2. The Morgan fingerprint density at radius 2 is 1.60 bits per heavy atom. The van der Waals surface area contributed by atoms with Gasteiger partial charge >= 0.3 is 0 Å². The van der Waals surface area contributed by atoms with E-state index in [-0.39, 0.29) is 5.91 Å². The van der Waals surface area contributed by atoms with Gasteiger partial charge in [-0.2, -0.15) is 0 Å². The molecule has 5 heteroatoms. The number of carbonyl (C=O) groups excluding carboxylic acids is 1. The smallest absolute Gasteiger partial charge is 0.258 e. The molecular weight excluding hydrogens is 312 g/mol. The molecule has 0 saturated heterocycles. The van der Waals surface area contributed by atoms with Crippen molar-refractivity contribution in [1.29, 1.82) is 0 Å². The minimum atomic E-state index is -0.223. The largest absolute Gasteiger partial charge is 0.350 e. The molecule has 126 valence electrons. The molecule has 1 heterocycles. The highest BCUT2D eigenvalue weighted by atomic mass is 16.1. The van der Waals surface area contributed by atoms with Crippen molar-refractivity contribution < 1.29 is 4.79 Å². The van der Waals surface area contributed by atoms with Crippen molar-refractivity contribution in [3.63, 3.8) is 0 Å². The van der Waals surface area contributed by atoms with Crippen molar-refractivity contribution in [3.05, 3.63) is 83.2 Å². The zero-order chi connectivity index (χ0) is 17.6. The maximum atomic E-state index is 12.3. The van der Waals surface area contributed by atoms with Crippen molar-refractivity contribution >= 4 is 17.5 Å². The van der Waals surface area contributed by atoms with Crippen LogP contribution in [-0.2, 0) is 6.54 Å². The Morgan fingerprint density at radius 1 is 0.960 bits per heavy atom. The number of aromatic nitrogens is 2. The third-order valence-corrected chi connectivity index (χ3v) is 3.69. The van der Waals surface area contributed by atoms with Crippen LogP contribution in [-0.4, -0.2) is 15.9 Å². The summed E-state index contributed by atoms with van der Waals surface area (Å²) in [5.41, 5.74) is 4.54. The van der Waals surface area contributed by atoms with Gasteiger partial charge in [0.2, 0.25) is 5.95 Å². The second kappa shape index (κ2) is 7.57. The van der Waals surface area contributed by atoms with Crippen LogP contribution >= 0.6 is 0 Å². The quantitative estimate of drug-likeness (QED) is 0.742. The Kier molecular flexibility index (Phi) is 5.04. The van der Waals surface area contributed by atoms with E-state index in [4.69, 9.17) is 0 Å². The molecule has 0 saturated carbocycles. The van der Waals surface area contributed by atoms with E-state index in [1.54, 1.807) is 0 Å². The average molecular weight is 332 g/mol. The number of nitrogens with zero attached hydrogens (tertiary/aromatic N) is 2. The van der Waals surface area contributed by atoms with Crippen molar-refractivity contribution in [2.45, 2.75) is 20.4 Å². The van der Waals surface area contributed by atoms with Crippen LogP contribution in [0, 0.1) is 13.8 Å². The summed E-state index contributed by atoms with van der Waals surface area (Å²) < 4.78 is 0. The standard InChI is InChI=1S/C20H20N4O/c1-14-8-15(2)10-18(9-14)24-19(25)17-12-22-20(23-13-17)21-11-16-6-4-3-5-7-16/h3-10,12-13H,11H2,1-2H3,(H,24,25)(H,21,22,23). The normalized spacial score (nSPS) is 10.3. The minimum Gasteiger partial charge on any atom is -0.350 e. The van der Waals surface area contributed by atoms with Crippen molar-refractivity contribution in [2.24, 2.45) is 0 Å². The summed E-state index contributed by atoms with van der Waals surface area (Å²) in [5, 5.41) is 6.02. The summed E-state index contributed by atoms with van der Waals surface area (Å²) in [6.45, 7) is 4.63. The van der Waals surface area contributed by atoms with Gasteiger partial charge in [0.15, 0.2) is 0 Å². The van der Waals surface area contributed by atoms with Gasteiger partial charge in [-0.25, -0.2) is 9.97 Å². The van der Waals surface area contributed by atoms with E-state index < -0.39 is 0 Å². The molecule has 3 aromatic rings. The third kappa shape index (κ3) is 4.64. The molecule has 0 aliphatic heterocycles. The zero-order valence-electron chi connectivity index (χ0n) is 14.3. The van der Waals surface area contributed by atoms with Gasteiger partial charge in [0, 0.05) is 24.6 Å². The summed E-state index contributed by atoms with van der Waals surface area (Å²) in [7, 11) is 0. The molecule has 1 aromatic heterocycles. The number of amides is 1. The van der Waals surface area contributed by atoms with Gasteiger partial charge in [-0.1, -0.05) is 36.4 Å². The summed E-state index contributed by atoms with van der Waals surface area (Å²) in [4.78, 5) is 20.7. The average Bonchev–Trinajstić information content (AvgIpc) is 2.60. The molecule has 5 nitrogen and oxygen atoms in total. The first-order chi connectivity index (χ1) is 12.1. The molecule has 1 amide bonds. The maximum Gasteiger partial charge on any atom is 0.258 e. The van der Waals surface area contributed by atoms with Crippen LogP contribution in [0.5, 0.6) is 0 Å². The first-order valence-electron chi connectivity index (χ1n) is 8.09. The fourth-order valence-electron chi connectivity index (χ4n) is 2.56. The van der Waals surface area contributed by atoms with Gasteiger partial charge in [0.25, 0.3) is 5.91 Å². The second-order valence-electron chi connectivity index (χ2n) is 5.97. The second-order valence-corrected chi connectivity index (χ2v) is 5.97. The number of carbonyl (C=O) groups is 1. The van der Waals surface area contributed by atoms with Gasteiger partial charge in [-0.05, 0) is 42.7 Å². The van der Waals surface area contributed by atoms with E-state index in [1.165, 1.54) is 12.4 Å². The first-order valence-corrected chi connectivity index (χ1v) is 8.09. The number of rotatable bonds is 5. The highest BCUT2D eigenvalue weighted by molar-refractivity contribution is 6.04. The molecule has 0 fully saturated rings. The predicted octanol–water partition coefficient (Wildman–Crippen LogP) is 3.96. The SMILES string of the molecule is Cc1cc(C)cc(NC(=O)c2cnc(NCc3ccccc3)nc2)c1. The molecule has 25 heavy (non-hydrogen) atoms. The van der Waals surface area contributed by atoms with Crippen LogP contribution in [0.4, 0.5) is 11.6 Å². The molecule has 0 atom stereocenters. The number of hydrogen-bond donors (Lipinski definition) is 2. The first kappa shape index (κ1) is 16.6. The van der Waals surface area contributed by atoms with E-state index in [0.29, 0.717) is 18.1 Å². The number of anilines is 2. The number of aryl methyl sites for hydroxylation is 2. The summed E-state index contributed by atoms with van der Waals surface area (Å²) in [5.74, 6) is 0.270. The van der Waals surface area contributed by atoms with Gasteiger partial charge in [0.1, 0.15) is 0 Å². The van der Waals surface area contributed by atoms with Crippen molar-refractivity contribution in [3.8, 4) is 0 Å². The van der Waals surface area contributed by atoms with Crippen LogP contribution < -0.4 is 10.6 Å². The Morgan fingerprint density at radius 3 is 2.24 bits per heavy atom. The van der Waals surface area contributed by atoms with Crippen LogP contribution in [0.15, 0.2) is 60.9 Å². The minimum absolute atomic E-state index is 0.223. The van der Waals surface area contributed by atoms with Crippen molar-refractivity contribution in [1.82, 2.24) is 9.97 Å². The monoisotopic (exact) mass is 332 g/mol. The molecule has 0 aliphatic rings. The molecule has 2 aromatic carbocycles. The Hall–Kier alpha value is -3.21. The molecular formula is C20H20N4O. The lowest BCUT2D eigenvalue weighted by Crippen LogP contribution is -2.13. The van der Waals surface area contributed by atoms with Crippen LogP contribution in [0.2, 0.25) is 0 Å². The fraction of sp³-hybridized carbons (Fsp3) is 0.150. The Balaban J connectivity index is 1.62. The summed E-state index contributed by atoms with van der Waals surface area (Å²) in [6.07, 6.45) is 3.05. The van der Waals surface area contributed by atoms with E-state index in [0.717, 1.165) is 22.4 Å². The fourth-order valence-corrected chi connectivity index (χ4v) is 2.56. The van der Waals surface area contributed by atoms with Gasteiger partial charge in [-0.3, -0.25) is 4.79 Å². The van der Waals surface area contributed by atoms with Crippen molar-refractivity contribution in [2.75, 3.05) is 10.6 Å². The molecule has 0 radical (unpaired) electrons. The third-order valence-electron chi connectivity index (χ3n) is 3.69. The van der Waals surface area contributed by atoms with Crippen LogP contribution in [0.3, 0.4) is 0 Å². The molecule has 3 rings (SSSR count). The van der Waals surface area contributed by atoms with E-state index >= 15 is 0 Å². The van der Waals surface area contributed by atoms with Gasteiger partial charge in [0.05, 0.1) is 5.56 Å². The highest BCUT2D eigenvalue weighted by Crippen LogP contribution is 2.15. The number of nitrogens with one attached hydrogen (secondary N) is 2. The molecule has 0 unspecified atom stereocenters. The van der Waals surface area contributed by atoms with E-state index in [9.17, 15) is 4.79 Å². The molecule has 0 spiro atoms. The lowest BCUT2D eigenvalue weighted by Gasteiger charge is -2.08. The van der Waals surface area contributed by atoms with Gasteiger partial charge in [-0.15, -0.1) is 0 Å². The van der Waals surface area contributed by atoms with E-state index in [2.05, 4.69) is 26.7 Å². The molecule has 0 bridgehead atoms. The zero-order valence-corrected chi connectivity index (χ0v) is 14.3. The van der Waals surface area contributed by atoms with Crippen LogP contribution in [0.1, 0.15) is 27.0 Å². The predicted molar refractivity (Wildman–Crippen MR) is 99.7 cm³/mol. The highest BCUT2D eigenvalue weighted by Gasteiger charge is 2.08. The summed E-state index contributed by atoms with van der Waals surface area (Å²) in [6, 6.07) is 15.9. The molecule has 0 aliphatic carbocycles. The lowest BCUT2D eigenvalue weighted by molar-refractivity contribution is 0.102. The maximum absolute atomic E-state index is 12.3. The van der Waals surface area contributed by atoms with Gasteiger partial charge < -0.3 is 10.6 Å². The lowest BCUT2D eigenvalue weighted by atomic mass is 10.1. The number of hydrogen-bond acceptors (Lipinski definition) is 4. The van der Waals surface area contributed by atoms with E-state index in [1.807, 2.05) is 56.3 Å². The van der Waals surface area contributed by atoms with Crippen LogP contribution in [0.25, 0.3) is 0 Å². The topological polar surface area (TPSA) is 66.9 Å². The molecule has 2 N–H and O–H groups in total. The summed E-state index contributed by atoms with van der Waals surface area (Å²) >= 11 is 0. The Labute approximate surface area is 147 Å². The Bertz CT molecular complexity index is 840.